The largest absolute Gasteiger partial charge is 0.361 e. The van der Waals surface area contributed by atoms with Crippen LogP contribution in [0, 0.1) is 10.2 Å². The normalized spacial score (nSPS) is 10.3. The average molecular weight is 454 g/mol. The van der Waals surface area contributed by atoms with Crippen molar-refractivity contribution in [1.82, 2.24) is 5.32 Å². The van der Waals surface area contributed by atoms with Crippen molar-refractivity contribution >= 4 is 0 Å². The van der Waals surface area contributed by atoms with Crippen LogP contribution in [0.1, 0.15) is 0 Å². The molecule has 32 heavy (non-hydrogen) atoms. The molecular formula is C25H24ClNO5. The fourth-order valence-electron chi connectivity index (χ4n) is 2.79. The van der Waals surface area contributed by atoms with Crippen LogP contribution >= 0.6 is 0 Å². The van der Waals surface area contributed by atoms with Gasteiger partial charge in [0.1, 0.15) is 0 Å². The lowest BCUT2D eigenvalue weighted by Crippen LogP contribution is -2.68. The first kappa shape index (κ1) is 25.2. The molecule has 4 aromatic rings. The third-order valence-electron chi connectivity index (χ3n) is 4.02. The predicted octanol–water partition coefficient (Wildman–Crippen LogP) is 1.64. The van der Waals surface area contributed by atoms with E-state index in [9.17, 15) is 0 Å². The second-order valence-electron chi connectivity index (χ2n) is 6.55. The molecule has 0 atom stereocenters. The van der Waals surface area contributed by atoms with Crippen LogP contribution in [0.3, 0.4) is 0 Å². The highest BCUT2D eigenvalue weighted by atomic mass is 35.7. The van der Waals surface area contributed by atoms with Crippen LogP contribution < -0.4 is 24.0 Å². The van der Waals surface area contributed by atoms with Crippen LogP contribution in [-0.2, 0) is 0 Å². The summed E-state index contributed by atoms with van der Waals surface area (Å²) in [4.78, 5) is 0. The first-order valence-corrected chi connectivity index (χ1v) is 10.9. The Labute approximate surface area is 189 Å². The summed E-state index contributed by atoms with van der Waals surface area (Å²) in [6.45, 7) is 0. The Kier molecular flexibility index (Phi) is 9.97. The summed E-state index contributed by atoms with van der Waals surface area (Å²) in [6, 6.07) is 35.1. The number of nitrogens with one attached hydrogen (secondary N) is 1. The molecule has 1 N–H and O–H groups in total. The summed E-state index contributed by atoms with van der Waals surface area (Å²) in [5.74, 6) is 1.74. The molecule has 0 spiro atoms. The monoisotopic (exact) mass is 453 g/mol. The summed E-state index contributed by atoms with van der Waals surface area (Å²) in [6.07, 6.45) is 0. The molecule has 0 aliphatic rings. The van der Waals surface area contributed by atoms with Gasteiger partial charge in [-0.3, -0.25) is 0 Å². The van der Waals surface area contributed by atoms with Gasteiger partial charge < -0.3 is 5.32 Å². The fourth-order valence-corrected chi connectivity index (χ4v) is 2.79. The smallest absolute Gasteiger partial charge is 0.323 e. The summed E-state index contributed by atoms with van der Waals surface area (Å²) in [7, 11) is -1.19. The zero-order chi connectivity index (χ0) is 23.4. The van der Waals surface area contributed by atoms with Gasteiger partial charge in [-0.15, -0.1) is 10.2 Å². The number of hydrogen-bond acceptors (Lipinski definition) is 5. The lowest BCUT2D eigenvalue weighted by atomic mass is 10.0. The van der Waals surface area contributed by atoms with E-state index < -0.39 is 10.2 Å². The first-order chi connectivity index (χ1) is 15.3. The number of rotatable bonds is 3. The molecule has 166 valence electrons. The van der Waals surface area contributed by atoms with Gasteiger partial charge in [0, 0.05) is 5.56 Å². The maximum absolute atomic E-state index is 8.49. The molecule has 0 unspecified atom stereocenters. The minimum absolute atomic E-state index is 0.871. The second-order valence-corrected chi connectivity index (χ2v) is 7.31. The van der Waals surface area contributed by atoms with Gasteiger partial charge >= 0.3 is 11.5 Å². The Hall–Kier alpha value is -3.10. The van der Waals surface area contributed by atoms with Gasteiger partial charge in [-0.25, -0.2) is 23.1 Å². The molecule has 7 heteroatoms. The Morgan fingerprint density at radius 3 is 1.12 bits per heavy atom. The third-order valence-corrected chi connectivity index (χ3v) is 4.02. The molecule has 0 amide bonds. The van der Waals surface area contributed by atoms with Gasteiger partial charge in [0.2, 0.25) is 0 Å². The van der Waals surface area contributed by atoms with E-state index in [0.29, 0.717) is 0 Å². The number of halogens is 1. The van der Waals surface area contributed by atoms with Crippen LogP contribution in [-0.4, -0.2) is 14.1 Å². The van der Waals surface area contributed by atoms with Crippen molar-refractivity contribution in [2.45, 2.75) is 0 Å². The zero-order valence-electron chi connectivity index (χ0n) is 17.7. The Bertz CT molecular complexity index is 910. The topological polar surface area (TPSA) is 116 Å². The Morgan fingerprint density at radius 2 is 0.812 bits per heavy atom. The molecule has 0 saturated carbocycles. The van der Waals surface area contributed by atoms with Crippen molar-refractivity contribution < 1.29 is 33.3 Å². The quantitative estimate of drug-likeness (QED) is 0.471. The molecule has 1 heterocycles. The van der Waals surface area contributed by atoms with Gasteiger partial charge in [0.05, 0.1) is 23.3 Å². The maximum Gasteiger partial charge on any atom is 0.361 e. The highest BCUT2D eigenvalue weighted by molar-refractivity contribution is 5.74. The fraction of sp³-hybridized carbons (Fsp3) is 0.0800. The van der Waals surface area contributed by atoms with E-state index in [4.69, 9.17) is 23.1 Å². The summed E-state index contributed by atoms with van der Waals surface area (Å²) >= 11 is 0. The van der Waals surface area contributed by atoms with E-state index in [1.807, 2.05) is 56.6 Å². The molecule has 0 saturated heterocycles. The van der Waals surface area contributed by atoms with Crippen LogP contribution in [0.5, 0.6) is 0 Å². The van der Waals surface area contributed by atoms with E-state index in [1.54, 1.807) is 0 Å². The van der Waals surface area contributed by atoms with Crippen molar-refractivity contribution in [1.29, 1.82) is 0 Å². The van der Waals surface area contributed by atoms with Crippen LogP contribution in [0.15, 0.2) is 108 Å². The Balaban J connectivity index is 0.000000395. The van der Waals surface area contributed by atoms with Crippen molar-refractivity contribution in [3.05, 3.63) is 103 Å². The molecule has 0 radical (unpaired) electrons. The van der Waals surface area contributed by atoms with Crippen LogP contribution in [0.2, 0.25) is 0 Å². The first-order valence-electron chi connectivity index (χ1n) is 9.66. The molecule has 0 bridgehead atoms. The number of benzene rings is 3. The highest BCUT2D eigenvalue weighted by Crippen LogP contribution is 2.32. The minimum atomic E-state index is -4.94. The van der Waals surface area contributed by atoms with E-state index >= 15 is 0 Å². The highest BCUT2D eigenvalue weighted by Gasteiger charge is 2.20. The van der Waals surface area contributed by atoms with E-state index in [0.717, 1.165) is 28.2 Å². The van der Waals surface area contributed by atoms with Gasteiger partial charge in [-0.2, -0.15) is 0 Å². The van der Waals surface area contributed by atoms with Crippen molar-refractivity contribution in [2.75, 3.05) is 14.1 Å². The molecule has 1 aromatic heterocycles. The third kappa shape index (κ3) is 8.95. The average Bonchev–Trinajstić information content (AvgIpc) is 2.80. The molecular weight excluding hydrogens is 430 g/mol. The van der Waals surface area contributed by atoms with E-state index in [1.165, 1.54) is 5.56 Å². The number of hydrogen-bond donors (Lipinski definition) is 1. The summed E-state index contributed by atoms with van der Waals surface area (Å²) in [5, 5.41) is 2.75. The van der Waals surface area contributed by atoms with Crippen molar-refractivity contribution in [3.63, 3.8) is 0 Å². The molecule has 0 aliphatic carbocycles. The van der Waals surface area contributed by atoms with E-state index in [2.05, 4.69) is 66.0 Å². The lowest BCUT2D eigenvalue weighted by Gasteiger charge is -2.17. The standard InChI is InChI=1S/C23H17O.C2H7N.ClHO4/c1-4-10-18(11-5-1)21-16-22(19-12-6-2-7-13-19)24-23(17-21)20-14-8-3-9-15-20;1-3-2;2-1(3,4)5/h1-17H;3H,1-2H3;(H,2,3,4,5)/q+1;;/p-1. The molecule has 0 aliphatic heterocycles. The van der Waals surface area contributed by atoms with Gasteiger partial charge in [0.25, 0.3) is 0 Å². The van der Waals surface area contributed by atoms with Gasteiger partial charge in [0.15, 0.2) is 0 Å². The molecule has 3 aromatic carbocycles. The maximum atomic E-state index is 8.49. The zero-order valence-corrected chi connectivity index (χ0v) is 18.5. The SMILES string of the molecule is CNC.[O-][Cl+3]([O-])([O-])[O-].c1ccc(-c2cc(-c3ccccc3)[o+]c(-c3ccccc3)c2)cc1. The van der Waals surface area contributed by atoms with Crippen LogP contribution in [0.25, 0.3) is 33.8 Å². The van der Waals surface area contributed by atoms with E-state index in [-0.39, 0.29) is 0 Å². The Morgan fingerprint density at radius 1 is 0.531 bits per heavy atom. The molecule has 0 fully saturated rings. The molecule has 4 rings (SSSR count). The second kappa shape index (κ2) is 12.7. The van der Waals surface area contributed by atoms with Crippen molar-refractivity contribution in [3.8, 4) is 33.8 Å². The molecule has 6 nitrogen and oxygen atoms in total. The van der Waals surface area contributed by atoms with Crippen LogP contribution in [0.4, 0.5) is 0 Å². The predicted molar refractivity (Wildman–Crippen MR) is 114 cm³/mol. The lowest BCUT2D eigenvalue weighted by molar-refractivity contribution is -2.00. The summed E-state index contributed by atoms with van der Waals surface area (Å²) in [5.41, 5.74) is 4.49. The van der Waals surface area contributed by atoms with Gasteiger partial charge in [-0.05, 0) is 43.9 Å². The minimum Gasteiger partial charge on any atom is -0.323 e. The van der Waals surface area contributed by atoms with Crippen molar-refractivity contribution in [2.24, 2.45) is 0 Å². The summed E-state index contributed by atoms with van der Waals surface area (Å²) < 4.78 is 40.2. The van der Waals surface area contributed by atoms with Gasteiger partial charge in [-0.1, -0.05) is 66.7 Å².